The summed E-state index contributed by atoms with van der Waals surface area (Å²) in [6.07, 6.45) is 3.11. The molecule has 0 aliphatic carbocycles. The first-order valence-electron chi connectivity index (χ1n) is 4.61. The second-order valence-electron chi connectivity index (χ2n) is 3.25. The van der Waals surface area contributed by atoms with Gasteiger partial charge < -0.3 is 0 Å². The maximum atomic E-state index is 3.75. The van der Waals surface area contributed by atoms with Crippen LogP contribution in [0.3, 0.4) is 0 Å². The molecule has 1 aromatic carbocycles. The molecule has 1 heteroatoms. The lowest BCUT2D eigenvalue weighted by molar-refractivity contribution is 0.676. The lowest BCUT2D eigenvalue weighted by Crippen LogP contribution is -1.95. The van der Waals surface area contributed by atoms with Crippen molar-refractivity contribution in [3.8, 4) is 0 Å². The van der Waals surface area contributed by atoms with E-state index < -0.39 is 0 Å². The maximum Gasteiger partial charge on any atom is 0.00720 e. The molecule has 0 aliphatic rings. The molecule has 13 heavy (non-hydrogen) atoms. The van der Waals surface area contributed by atoms with Crippen LogP contribution in [0.25, 0.3) is 0 Å². The summed E-state index contributed by atoms with van der Waals surface area (Å²) in [5.41, 5.74) is 0. The maximum absolute atomic E-state index is 3.75. The van der Waals surface area contributed by atoms with Crippen molar-refractivity contribution in [2.24, 2.45) is 5.92 Å². The SMILES string of the molecule is C=CCC(C)CSc1ccccc1. The molecule has 0 nitrogen and oxygen atoms in total. The Morgan fingerprint density at radius 1 is 1.38 bits per heavy atom. The van der Waals surface area contributed by atoms with Crippen molar-refractivity contribution < 1.29 is 0 Å². The summed E-state index contributed by atoms with van der Waals surface area (Å²) in [5, 5.41) is 0. The highest BCUT2D eigenvalue weighted by atomic mass is 32.2. The minimum absolute atomic E-state index is 0.725. The van der Waals surface area contributed by atoms with Gasteiger partial charge in [0.2, 0.25) is 0 Å². The number of hydrogen-bond donors (Lipinski definition) is 0. The number of rotatable bonds is 5. The first kappa shape index (κ1) is 10.4. The molecular formula is C12H16S. The zero-order valence-electron chi connectivity index (χ0n) is 8.07. The van der Waals surface area contributed by atoms with E-state index in [4.69, 9.17) is 0 Å². The van der Waals surface area contributed by atoms with E-state index in [1.165, 1.54) is 10.6 Å². The van der Waals surface area contributed by atoms with E-state index in [1.807, 2.05) is 17.8 Å². The van der Waals surface area contributed by atoms with E-state index >= 15 is 0 Å². The minimum Gasteiger partial charge on any atom is -0.126 e. The van der Waals surface area contributed by atoms with Crippen molar-refractivity contribution in [1.82, 2.24) is 0 Å². The van der Waals surface area contributed by atoms with Gasteiger partial charge in [-0.1, -0.05) is 31.2 Å². The van der Waals surface area contributed by atoms with E-state index in [0.29, 0.717) is 0 Å². The zero-order valence-corrected chi connectivity index (χ0v) is 8.89. The van der Waals surface area contributed by atoms with Gasteiger partial charge in [0.25, 0.3) is 0 Å². The fourth-order valence-corrected chi connectivity index (χ4v) is 2.07. The van der Waals surface area contributed by atoms with Gasteiger partial charge in [-0.2, -0.15) is 0 Å². The van der Waals surface area contributed by atoms with Crippen molar-refractivity contribution in [1.29, 1.82) is 0 Å². The second kappa shape index (κ2) is 5.87. The molecule has 1 rings (SSSR count). The Hall–Kier alpha value is -0.690. The van der Waals surface area contributed by atoms with Gasteiger partial charge in [0.15, 0.2) is 0 Å². The van der Waals surface area contributed by atoms with Crippen molar-refractivity contribution in [2.75, 3.05) is 5.75 Å². The minimum atomic E-state index is 0.725. The van der Waals surface area contributed by atoms with Crippen LogP contribution in [0.15, 0.2) is 47.9 Å². The average molecular weight is 192 g/mol. The first-order valence-corrected chi connectivity index (χ1v) is 5.60. The van der Waals surface area contributed by atoms with Gasteiger partial charge in [0.1, 0.15) is 0 Å². The third kappa shape index (κ3) is 4.18. The molecule has 0 aliphatic heterocycles. The third-order valence-electron chi connectivity index (χ3n) is 1.85. The summed E-state index contributed by atoms with van der Waals surface area (Å²) in [5.74, 6) is 1.90. The van der Waals surface area contributed by atoms with Crippen molar-refractivity contribution in [3.63, 3.8) is 0 Å². The second-order valence-corrected chi connectivity index (χ2v) is 4.35. The molecule has 0 aromatic heterocycles. The fourth-order valence-electron chi connectivity index (χ4n) is 1.11. The molecule has 0 bridgehead atoms. The molecule has 1 unspecified atom stereocenters. The lowest BCUT2D eigenvalue weighted by atomic mass is 10.1. The highest BCUT2D eigenvalue weighted by Gasteiger charge is 1.99. The van der Waals surface area contributed by atoms with Gasteiger partial charge in [-0.15, -0.1) is 18.3 Å². The summed E-state index contributed by atoms with van der Waals surface area (Å²) >= 11 is 1.92. The molecule has 70 valence electrons. The van der Waals surface area contributed by atoms with E-state index in [-0.39, 0.29) is 0 Å². The van der Waals surface area contributed by atoms with E-state index in [9.17, 15) is 0 Å². The third-order valence-corrected chi connectivity index (χ3v) is 3.19. The lowest BCUT2D eigenvalue weighted by Gasteiger charge is -2.07. The van der Waals surface area contributed by atoms with Crippen LogP contribution < -0.4 is 0 Å². The van der Waals surface area contributed by atoms with Gasteiger partial charge in [0, 0.05) is 10.6 Å². The summed E-state index contributed by atoms with van der Waals surface area (Å²) in [6, 6.07) is 10.5. The van der Waals surface area contributed by atoms with Crippen LogP contribution in [0.1, 0.15) is 13.3 Å². The molecule has 1 aromatic rings. The molecule has 1 atom stereocenters. The molecule has 0 amide bonds. The van der Waals surface area contributed by atoms with Crippen LogP contribution in [0.5, 0.6) is 0 Å². The average Bonchev–Trinajstić information content (AvgIpc) is 2.17. The quantitative estimate of drug-likeness (QED) is 0.502. The van der Waals surface area contributed by atoms with E-state index in [1.54, 1.807) is 0 Å². The number of thioether (sulfide) groups is 1. The predicted octanol–water partition coefficient (Wildman–Crippen LogP) is 3.99. The van der Waals surface area contributed by atoms with Crippen molar-refractivity contribution >= 4 is 11.8 Å². The van der Waals surface area contributed by atoms with Crippen LogP contribution in [0, 0.1) is 5.92 Å². The summed E-state index contributed by atoms with van der Waals surface area (Å²) in [4.78, 5) is 1.36. The van der Waals surface area contributed by atoms with Gasteiger partial charge in [-0.05, 0) is 24.5 Å². The number of hydrogen-bond acceptors (Lipinski definition) is 1. The van der Waals surface area contributed by atoms with Crippen LogP contribution >= 0.6 is 11.8 Å². The van der Waals surface area contributed by atoms with E-state index in [2.05, 4.69) is 43.8 Å². The normalized spacial score (nSPS) is 12.4. The monoisotopic (exact) mass is 192 g/mol. The Balaban J connectivity index is 2.30. The zero-order chi connectivity index (χ0) is 9.52. The summed E-state index contributed by atoms with van der Waals surface area (Å²) in [7, 11) is 0. The summed E-state index contributed by atoms with van der Waals surface area (Å²) < 4.78 is 0. The smallest absolute Gasteiger partial charge is 0.00720 e. The molecule has 0 heterocycles. The summed E-state index contributed by atoms with van der Waals surface area (Å²) in [6.45, 7) is 6.01. The largest absolute Gasteiger partial charge is 0.126 e. The Bertz CT molecular complexity index is 241. The van der Waals surface area contributed by atoms with Crippen LogP contribution in [0.2, 0.25) is 0 Å². The van der Waals surface area contributed by atoms with Crippen LogP contribution in [0.4, 0.5) is 0 Å². The van der Waals surface area contributed by atoms with Gasteiger partial charge in [-0.25, -0.2) is 0 Å². The number of allylic oxidation sites excluding steroid dienone is 1. The molecule has 0 saturated heterocycles. The Morgan fingerprint density at radius 3 is 2.69 bits per heavy atom. The molecule has 0 saturated carbocycles. The van der Waals surface area contributed by atoms with Gasteiger partial charge in [0.05, 0.1) is 0 Å². The van der Waals surface area contributed by atoms with Crippen molar-refractivity contribution in [3.05, 3.63) is 43.0 Å². The number of benzene rings is 1. The molecule has 0 fully saturated rings. The Kier molecular flexibility index (Phi) is 4.69. The molecular weight excluding hydrogens is 176 g/mol. The highest BCUT2D eigenvalue weighted by Crippen LogP contribution is 2.21. The van der Waals surface area contributed by atoms with Gasteiger partial charge in [-0.3, -0.25) is 0 Å². The highest BCUT2D eigenvalue weighted by molar-refractivity contribution is 7.99. The standard InChI is InChI=1S/C12H16S/c1-3-7-11(2)10-13-12-8-5-4-6-9-12/h3-6,8-9,11H,1,7,10H2,2H3. The topological polar surface area (TPSA) is 0 Å². The van der Waals surface area contributed by atoms with Gasteiger partial charge >= 0.3 is 0 Å². The predicted molar refractivity (Wildman–Crippen MR) is 61.1 cm³/mol. The van der Waals surface area contributed by atoms with Crippen LogP contribution in [-0.4, -0.2) is 5.75 Å². The molecule has 0 N–H and O–H groups in total. The first-order chi connectivity index (χ1) is 6.33. The Morgan fingerprint density at radius 2 is 2.08 bits per heavy atom. The van der Waals surface area contributed by atoms with Crippen LogP contribution in [-0.2, 0) is 0 Å². The molecule has 0 spiro atoms. The van der Waals surface area contributed by atoms with E-state index in [0.717, 1.165) is 12.3 Å². The van der Waals surface area contributed by atoms with Crippen molar-refractivity contribution in [2.45, 2.75) is 18.2 Å². The molecule has 0 radical (unpaired) electrons. The fraction of sp³-hybridized carbons (Fsp3) is 0.333. The Labute approximate surface area is 85.1 Å².